The Kier molecular flexibility index (Phi) is 4.75. The van der Waals surface area contributed by atoms with Crippen LogP contribution in [0, 0.1) is 4.77 Å². The Morgan fingerprint density at radius 1 is 1.17 bits per heavy atom. The molecule has 3 rings (SSSR count). The smallest absolute Gasteiger partial charge is 0.216 e. The predicted octanol–water partition coefficient (Wildman–Crippen LogP) is 4.12. The summed E-state index contributed by atoms with van der Waals surface area (Å²) in [6, 6.07) is 13.4. The van der Waals surface area contributed by atoms with Gasteiger partial charge in [0, 0.05) is 18.0 Å². The second kappa shape index (κ2) is 7.13. The molecule has 0 radical (unpaired) electrons. The Balaban J connectivity index is 1.90. The number of hydrogen-bond acceptors (Lipinski definition) is 4. The van der Waals surface area contributed by atoms with Crippen LogP contribution in [0.25, 0.3) is 17.5 Å². The lowest BCUT2D eigenvalue weighted by atomic mass is 10.2. The van der Waals surface area contributed by atoms with Crippen LogP contribution >= 0.6 is 23.8 Å². The van der Waals surface area contributed by atoms with Crippen LogP contribution < -0.4 is 0 Å². The van der Waals surface area contributed by atoms with E-state index in [9.17, 15) is 0 Å². The van der Waals surface area contributed by atoms with Gasteiger partial charge in [0.1, 0.15) is 0 Å². The average molecular weight is 342 g/mol. The summed E-state index contributed by atoms with van der Waals surface area (Å²) in [5.74, 6) is 0.595. The van der Waals surface area contributed by atoms with Gasteiger partial charge < -0.3 is 0 Å². The number of halogens is 1. The number of aromatic amines is 1. The minimum absolute atomic E-state index is 0.386. The Bertz CT molecular complexity index is 897. The molecular formula is C16H12ClN5S. The standard InChI is InChI=1S/C16H12ClN5S/c17-14(10-12-4-2-1-3-5-12)11-19-22-15(20-21-16(22)23)13-6-8-18-9-7-13/h1-11H,(H,21,23). The van der Waals surface area contributed by atoms with Gasteiger partial charge in [-0.25, -0.2) is 5.10 Å². The molecule has 0 unspecified atom stereocenters. The van der Waals surface area contributed by atoms with E-state index in [-0.39, 0.29) is 0 Å². The van der Waals surface area contributed by atoms with Gasteiger partial charge >= 0.3 is 0 Å². The molecule has 0 atom stereocenters. The van der Waals surface area contributed by atoms with Crippen molar-refractivity contribution >= 4 is 36.1 Å². The van der Waals surface area contributed by atoms with Crippen molar-refractivity contribution in [1.29, 1.82) is 0 Å². The molecule has 0 aliphatic heterocycles. The molecule has 5 nitrogen and oxygen atoms in total. The third kappa shape index (κ3) is 3.80. The molecule has 0 fully saturated rings. The zero-order valence-corrected chi connectivity index (χ0v) is 13.5. The van der Waals surface area contributed by atoms with Gasteiger partial charge in [-0.05, 0) is 36.0 Å². The van der Waals surface area contributed by atoms with Crippen molar-refractivity contribution in [2.45, 2.75) is 0 Å². The molecule has 0 bridgehead atoms. The number of H-pyrrole nitrogens is 1. The van der Waals surface area contributed by atoms with Crippen LogP contribution in [0.15, 0.2) is 65.0 Å². The Labute approximate surface area is 143 Å². The van der Waals surface area contributed by atoms with Crippen LogP contribution in [0.2, 0.25) is 0 Å². The van der Waals surface area contributed by atoms with Crippen LogP contribution in [0.1, 0.15) is 5.56 Å². The number of allylic oxidation sites excluding steroid dienone is 1. The molecule has 0 spiro atoms. The molecule has 2 aromatic heterocycles. The van der Waals surface area contributed by atoms with E-state index in [1.165, 1.54) is 10.9 Å². The molecular weight excluding hydrogens is 330 g/mol. The molecule has 0 amide bonds. The highest BCUT2D eigenvalue weighted by molar-refractivity contribution is 7.71. The Hall–Kier alpha value is -2.57. The van der Waals surface area contributed by atoms with Crippen molar-refractivity contribution in [3.05, 3.63) is 70.2 Å². The number of nitrogens with one attached hydrogen (secondary N) is 1. The van der Waals surface area contributed by atoms with E-state index in [0.717, 1.165) is 11.1 Å². The molecule has 0 aliphatic rings. The number of pyridine rings is 1. The molecule has 1 N–H and O–H groups in total. The second-order valence-electron chi connectivity index (χ2n) is 4.58. The van der Waals surface area contributed by atoms with Gasteiger partial charge in [-0.15, -0.1) is 0 Å². The molecule has 0 saturated heterocycles. The number of aromatic nitrogens is 4. The summed E-state index contributed by atoms with van der Waals surface area (Å²) in [5.41, 5.74) is 1.85. The van der Waals surface area contributed by atoms with Crippen molar-refractivity contribution in [1.82, 2.24) is 19.9 Å². The maximum Gasteiger partial charge on any atom is 0.216 e. The van der Waals surface area contributed by atoms with Crippen molar-refractivity contribution in [2.75, 3.05) is 0 Å². The fraction of sp³-hybridized carbons (Fsp3) is 0. The summed E-state index contributed by atoms with van der Waals surface area (Å²) in [6.07, 6.45) is 6.72. The predicted molar refractivity (Wildman–Crippen MR) is 94.8 cm³/mol. The van der Waals surface area contributed by atoms with Crippen LogP contribution in [0.3, 0.4) is 0 Å². The summed E-state index contributed by atoms with van der Waals surface area (Å²) < 4.78 is 1.91. The van der Waals surface area contributed by atoms with Gasteiger partial charge in [-0.3, -0.25) is 4.98 Å². The first-order valence-corrected chi connectivity index (χ1v) is 7.57. The van der Waals surface area contributed by atoms with E-state index in [0.29, 0.717) is 15.6 Å². The highest BCUT2D eigenvalue weighted by atomic mass is 35.5. The van der Waals surface area contributed by atoms with Gasteiger partial charge in [-0.1, -0.05) is 41.9 Å². The SMILES string of the molecule is S=c1[nH]nc(-c2ccncc2)n1N=CC(Cl)=Cc1ccccc1. The minimum Gasteiger partial charge on any atom is -0.265 e. The van der Waals surface area contributed by atoms with E-state index in [4.69, 9.17) is 23.8 Å². The Morgan fingerprint density at radius 2 is 1.91 bits per heavy atom. The third-order valence-electron chi connectivity index (χ3n) is 2.99. The van der Waals surface area contributed by atoms with E-state index >= 15 is 0 Å². The third-order valence-corrected chi connectivity index (χ3v) is 3.46. The van der Waals surface area contributed by atoms with E-state index in [1.807, 2.05) is 48.5 Å². The van der Waals surface area contributed by atoms with Crippen molar-refractivity contribution < 1.29 is 0 Å². The molecule has 0 saturated carbocycles. The average Bonchev–Trinajstić information content (AvgIpc) is 2.95. The first-order valence-electron chi connectivity index (χ1n) is 6.78. The zero-order chi connectivity index (χ0) is 16.1. The summed E-state index contributed by atoms with van der Waals surface area (Å²) in [7, 11) is 0. The molecule has 114 valence electrons. The maximum atomic E-state index is 6.21. The van der Waals surface area contributed by atoms with E-state index in [1.54, 1.807) is 12.4 Å². The molecule has 7 heteroatoms. The topological polar surface area (TPSA) is 58.9 Å². The van der Waals surface area contributed by atoms with Crippen molar-refractivity contribution in [2.24, 2.45) is 5.10 Å². The van der Waals surface area contributed by atoms with E-state index in [2.05, 4.69) is 20.3 Å². The minimum atomic E-state index is 0.386. The van der Waals surface area contributed by atoms with Crippen molar-refractivity contribution in [3.63, 3.8) is 0 Å². The van der Waals surface area contributed by atoms with Gasteiger partial charge in [0.2, 0.25) is 4.77 Å². The fourth-order valence-electron chi connectivity index (χ4n) is 1.95. The lowest BCUT2D eigenvalue weighted by Crippen LogP contribution is -1.94. The maximum absolute atomic E-state index is 6.21. The number of hydrogen-bond donors (Lipinski definition) is 1. The first kappa shape index (κ1) is 15.3. The van der Waals surface area contributed by atoms with Crippen molar-refractivity contribution in [3.8, 4) is 11.4 Å². The summed E-state index contributed by atoms with van der Waals surface area (Å²) in [5, 5.41) is 11.7. The fourth-order valence-corrected chi connectivity index (χ4v) is 2.29. The molecule has 0 aliphatic carbocycles. The molecule has 2 heterocycles. The van der Waals surface area contributed by atoms with Crippen LogP contribution in [-0.4, -0.2) is 26.1 Å². The second-order valence-corrected chi connectivity index (χ2v) is 5.41. The zero-order valence-electron chi connectivity index (χ0n) is 11.9. The Morgan fingerprint density at radius 3 is 2.65 bits per heavy atom. The largest absolute Gasteiger partial charge is 0.265 e. The highest BCUT2D eigenvalue weighted by Gasteiger charge is 2.07. The van der Waals surface area contributed by atoms with E-state index < -0.39 is 0 Å². The van der Waals surface area contributed by atoms with Crippen LogP contribution in [-0.2, 0) is 0 Å². The summed E-state index contributed by atoms with van der Waals surface area (Å²) >= 11 is 11.4. The lowest BCUT2D eigenvalue weighted by molar-refractivity contribution is 0.872. The molecule has 3 aromatic rings. The normalized spacial score (nSPS) is 12.0. The van der Waals surface area contributed by atoms with Crippen LogP contribution in [0.5, 0.6) is 0 Å². The summed E-state index contributed by atoms with van der Waals surface area (Å²) in [6.45, 7) is 0. The van der Waals surface area contributed by atoms with Gasteiger partial charge in [0.05, 0.1) is 11.2 Å². The first-order chi connectivity index (χ1) is 11.2. The van der Waals surface area contributed by atoms with Gasteiger partial charge in [-0.2, -0.15) is 14.9 Å². The molecule has 23 heavy (non-hydrogen) atoms. The number of benzene rings is 1. The van der Waals surface area contributed by atoms with Gasteiger partial charge in [0.15, 0.2) is 5.82 Å². The van der Waals surface area contributed by atoms with Gasteiger partial charge in [0.25, 0.3) is 0 Å². The molecule has 1 aromatic carbocycles. The number of rotatable bonds is 4. The highest BCUT2D eigenvalue weighted by Crippen LogP contribution is 2.16. The lowest BCUT2D eigenvalue weighted by Gasteiger charge is -2.00. The summed E-state index contributed by atoms with van der Waals surface area (Å²) in [4.78, 5) is 3.99. The number of nitrogens with zero attached hydrogens (tertiary/aromatic N) is 4. The monoisotopic (exact) mass is 341 g/mol. The quantitative estimate of drug-likeness (QED) is 0.573. The van der Waals surface area contributed by atoms with Crippen LogP contribution in [0.4, 0.5) is 0 Å².